The second-order valence-electron chi connectivity index (χ2n) is 6.53. The van der Waals surface area contributed by atoms with Crippen LogP contribution in [0.3, 0.4) is 0 Å². The van der Waals surface area contributed by atoms with Gasteiger partial charge in [-0.25, -0.2) is 0 Å². The number of nitrogens with zero attached hydrogens (tertiary/aromatic N) is 1. The lowest BCUT2D eigenvalue weighted by molar-refractivity contribution is 0.312. The SMILES string of the molecule is c1ccc(CCCCNCC2CCN(C3CC3)C2)cc1. The van der Waals surface area contributed by atoms with Gasteiger partial charge < -0.3 is 10.2 Å². The Morgan fingerprint density at radius 3 is 2.70 bits per heavy atom. The zero-order valence-electron chi connectivity index (χ0n) is 12.6. The van der Waals surface area contributed by atoms with E-state index >= 15 is 0 Å². The van der Waals surface area contributed by atoms with Gasteiger partial charge in [0.1, 0.15) is 0 Å². The maximum Gasteiger partial charge on any atom is 0.00965 e. The Hall–Kier alpha value is -0.860. The Kier molecular flexibility index (Phi) is 5.10. The molecule has 1 atom stereocenters. The van der Waals surface area contributed by atoms with E-state index < -0.39 is 0 Å². The van der Waals surface area contributed by atoms with Crippen molar-refractivity contribution in [2.24, 2.45) is 5.92 Å². The van der Waals surface area contributed by atoms with Gasteiger partial charge in [0.15, 0.2) is 0 Å². The Morgan fingerprint density at radius 1 is 1.05 bits per heavy atom. The summed E-state index contributed by atoms with van der Waals surface area (Å²) < 4.78 is 0. The number of benzene rings is 1. The third-order valence-corrected chi connectivity index (χ3v) is 4.73. The molecule has 1 N–H and O–H groups in total. The molecule has 1 aliphatic carbocycles. The van der Waals surface area contributed by atoms with Crippen LogP contribution in [0.4, 0.5) is 0 Å². The van der Waals surface area contributed by atoms with Crippen LogP contribution in [0, 0.1) is 5.92 Å². The summed E-state index contributed by atoms with van der Waals surface area (Å²) in [6, 6.07) is 11.8. The maximum atomic E-state index is 3.67. The van der Waals surface area contributed by atoms with Gasteiger partial charge in [0.25, 0.3) is 0 Å². The number of likely N-dealkylation sites (tertiary alicyclic amines) is 1. The summed E-state index contributed by atoms with van der Waals surface area (Å²) in [6.07, 6.45) is 8.15. The molecule has 1 saturated heterocycles. The van der Waals surface area contributed by atoms with Gasteiger partial charge in [0.2, 0.25) is 0 Å². The number of unbranched alkanes of at least 4 members (excludes halogenated alkanes) is 1. The van der Waals surface area contributed by atoms with Crippen molar-refractivity contribution in [3.8, 4) is 0 Å². The van der Waals surface area contributed by atoms with Crippen LogP contribution in [-0.4, -0.2) is 37.1 Å². The van der Waals surface area contributed by atoms with Crippen LogP contribution in [0.15, 0.2) is 30.3 Å². The van der Waals surface area contributed by atoms with Gasteiger partial charge in [-0.2, -0.15) is 0 Å². The monoisotopic (exact) mass is 272 g/mol. The van der Waals surface area contributed by atoms with Gasteiger partial charge in [-0.1, -0.05) is 30.3 Å². The fraction of sp³-hybridized carbons (Fsp3) is 0.667. The van der Waals surface area contributed by atoms with Crippen molar-refractivity contribution in [1.82, 2.24) is 10.2 Å². The van der Waals surface area contributed by atoms with Crippen LogP contribution >= 0.6 is 0 Å². The Morgan fingerprint density at radius 2 is 1.90 bits per heavy atom. The molecule has 1 saturated carbocycles. The first kappa shape index (κ1) is 14.1. The molecule has 2 nitrogen and oxygen atoms in total. The molecule has 2 heteroatoms. The summed E-state index contributed by atoms with van der Waals surface area (Å²) in [4.78, 5) is 2.71. The Bertz CT molecular complexity index is 386. The normalized spacial score (nSPS) is 23.3. The minimum atomic E-state index is 0.907. The molecule has 2 fully saturated rings. The van der Waals surface area contributed by atoms with E-state index in [1.54, 1.807) is 0 Å². The summed E-state index contributed by atoms with van der Waals surface area (Å²) in [6.45, 7) is 5.12. The van der Waals surface area contributed by atoms with E-state index in [0.717, 1.165) is 12.0 Å². The van der Waals surface area contributed by atoms with Crippen molar-refractivity contribution in [2.75, 3.05) is 26.2 Å². The smallest absolute Gasteiger partial charge is 0.00965 e. The maximum absolute atomic E-state index is 3.67. The first-order valence-corrected chi connectivity index (χ1v) is 8.40. The Labute approximate surface area is 123 Å². The molecule has 1 unspecified atom stereocenters. The molecule has 1 aliphatic heterocycles. The summed E-state index contributed by atoms with van der Waals surface area (Å²) in [5.41, 5.74) is 1.48. The van der Waals surface area contributed by atoms with Crippen LogP contribution in [0.25, 0.3) is 0 Å². The average Bonchev–Trinajstić information content (AvgIpc) is 3.23. The van der Waals surface area contributed by atoms with Crippen molar-refractivity contribution in [3.05, 3.63) is 35.9 Å². The first-order valence-electron chi connectivity index (χ1n) is 8.40. The average molecular weight is 272 g/mol. The highest BCUT2D eigenvalue weighted by molar-refractivity contribution is 5.14. The van der Waals surface area contributed by atoms with Gasteiger partial charge >= 0.3 is 0 Å². The standard InChI is InChI=1S/C18H28N2/c1-2-6-16(7-3-1)8-4-5-12-19-14-17-11-13-20(15-17)18-9-10-18/h1-3,6-7,17-19H,4-5,8-15H2. The fourth-order valence-electron chi connectivity index (χ4n) is 3.33. The van der Waals surface area contributed by atoms with E-state index in [-0.39, 0.29) is 0 Å². The summed E-state index contributed by atoms with van der Waals surface area (Å²) in [7, 11) is 0. The number of aryl methyl sites for hydroxylation is 1. The van der Waals surface area contributed by atoms with Gasteiger partial charge in [0.05, 0.1) is 0 Å². The van der Waals surface area contributed by atoms with Crippen LogP contribution < -0.4 is 5.32 Å². The molecule has 2 aliphatic rings. The second kappa shape index (κ2) is 7.24. The Balaban J connectivity index is 1.21. The number of hydrogen-bond acceptors (Lipinski definition) is 2. The largest absolute Gasteiger partial charge is 0.316 e. The molecular weight excluding hydrogens is 244 g/mol. The van der Waals surface area contributed by atoms with Crippen molar-refractivity contribution in [3.63, 3.8) is 0 Å². The van der Waals surface area contributed by atoms with E-state index in [0.29, 0.717) is 0 Å². The second-order valence-corrected chi connectivity index (χ2v) is 6.53. The number of hydrogen-bond donors (Lipinski definition) is 1. The van der Waals surface area contributed by atoms with Crippen LogP contribution in [-0.2, 0) is 6.42 Å². The highest BCUT2D eigenvalue weighted by atomic mass is 15.2. The molecule has 0 bridgehead atoms. The zero-order chi connectivity index (χ0) is 13.6. The van der Waals surface area contributed by atoms with Gasteiger partial charge in [-0.15, -0.1) is 0 Å². The highest BCUT2D eigenvalue weighted by Gasteiger charge is 2.33. The molecule has 0 radical (unpaired) electrons. The summed E-state index contributed by atoms with van der Waals surface area (Å²) in [5, 5.41) is 3.67. The third kappa shape index (κ3) is 4.32. The van der Waals surface area contributed by atoms with Gasteiger partial charge in [0, 0.05) is 12.6 Å². The predicted octanol–water partition coefficient (Wildman–Crippen LogP) is 3.08. The van der Waals surface area contributed by atoms with Crippen molar-refractivity contribution in [2.45, 2.75) is 44.6 Å². The van der Waals surface area contributed by atoms with E-state index in [9.17, 15) is 0 Å². The third-order valence-electron chi connectivity index (χ3n) is 4.73. The fourth-order valence-corrected chi connectivity index (χ4v) is 3.33. The quantitative estimate of drug-likeness (QED) is 0.732. The van der Waals surface area contributed by atoms with E-state index in [2.05, 4.69) is 40.5 Å². The molecular formula is C18H28N2. The molecule has 0 amide bonds. The van der Waals surface area contributed by atoms with Gasteiger partial charge in [-0.05, 0) is 69.6 Å². The summed E-state index contributed by atoms with van der Waals surface area (Å²) >= 11 is 0. The molecule has 1 aromatic rings. The lowest BCUT2D eigenvalue weighted by Gasteiger charge is -2.15. The molecule has 3 rings (SSSR count). The topological polar surface area (TPSA) is 15.3 Å². The van der Waals surface area contributed by atoms with Crippen LogP contribution in [0.1, 0.15) is 37.7 Å². The van der Waals surface area contributed by atoms with Crippen molar-refractivity contribution < 1.29 is 0 Å². The van der Waals surface area contributed by atoms with Gasteiger partial charge in [-0.3, -0.25) is 0 Å². The van der Waals surface area contributed by atoms with Crippen molar-refractivity contribution in [1.29, 1.82) is 0 Å². The molecule has 0 spiro atoms. The highest BCUT2D eigenvalue weighted by Crippen LogP contribution is 2.31. The predicted molar refractivity (Wildman–Crippen MR) is 85.0 cm³/mol. The molecule has 110 valence electrons. The van der Waals surface area contributed by atoms with E-state index in [4.69, 9.17) is 0 Å². The van der Waals surface area contributed by atoms with E-state index in [1.165, 1.54) is 70.3 Å². The molecule has 0 aromatic heterocycles. The first-order chi connectivity index (χ1) is 9.92. The molecule has 20 heavy (non-hydrogen) atoms. The van der Waals surface area contributed by atoms with E-state index in [1.807, 2.05) is 0 Å². The molecule has 1 aromatic carbocycles. The molecule has 1 heterocycles. The van der Waals surface area contributed by atoms with Crippen LogP contribution in [0.5, 0.6) is 0 Å². The van der Waals surface area contributed by atoms with Crippen molar-refractivity contribution >= 4 is 0 Å². The van der Waals surface area contributed by atoms with Crippen LogP contribution in [0.2, 0.25) is 0 Å². The minimum Gasteiger partial charge on any atom is -0.316 e. The zero-order valence-corrected chi connectivity index (χ0v) is 12.6. The number of rotatable bonds is 8. The lowest BCUT2D eigenvalue weighted by atomic mass is 10.1. The lowest BCUT2D eigenvalue weighted by Crippen LogP contribution is -2.28. The minimum absolute atomic E-state index is 0.907. The summed E-state index contributed by atoms with van der Waals surface area (Å²) in [5.74, 6) is 0.907. The number of nitrogens with one attached hydrogen (secondary N) is 1.